The van der Waals surface area contributed by atoms with Crippen LogP contribution in [0.5, 0.6) is 0 Å². The Kier molecular flexibility index (Phi) is 2.85. The fourth-order valence-corrected chi connectivity index (χ4v) is 0.126. The topological polar surface area (TPSA) is 29.1 Å². The molecule has 2 nitrogen and oxygen atoms in total. The zero-order valence-corrected chi connectivity index (χ0v) is 4.12. The summed E-state index contributed by atoms with van der Waals surface area (Å²) in [4.78, 5) is 9.29. The van der Waals surface area contributed by atoms with E-state index in [9.17, 15) is 4.79 Å². The SMILES string of the molecule is CC(Cl)N[C]=O. The van der Waals surface area contributed by atoms with Gasteiger partial charge in [0, 0.05) is 0 Å². The minimum Gasteiger partial charge on any atom is -0.332 e. The molecule has 0 aliphatic rings. The van der Waals surface area contributed by atoms with Crippen molar-refractivity contribution in [3.63, 3.8) is 0 Å². The number of hydrogen-bond acceptors (Lipinski definition) is 1. The Morgan fingerprint density at radius 1 is 2.00 bits per heavy atom. The predicted octanol–water partition coefficient (Wildman–Crippen LogP) is 0.228. The molecule has 1 unspecified atom stereocenters. The van der Waals surface area contributed by atoms with Crippen molar-refractivity contribution in [2.75, 3.05) is 0 Å². The standard InChI is InChI=1S/C3H5ClNO/c1-3(4)5-2-6/h3H,1H3,(H,5,6). The first-order valence-electron chi connectivity index (χ1n) is 1.54. The Morgan fingerprint density at radius 2 is 2.50 bits per heavy atom. The molecular weight excluding hydrogens is 101 g/mol. The van der Waals surface area contributed by atoms with Crippen LogP contribution in [0.25, 0.3) is 0 Å². The average Bonchev–Trinajstić information content (AvgIpc) is 1.35. The fourth-order valence-electron chi connectivity index (χ4n) is 0.0812. The molecule has 0 aromatic carbocycles. The molecule has 0 aromatic heterocycles. The highest BCUT2D eigenvalue weighted by atomic mass is 35.5. The molecule has 0 aromatic rings. The second-order valence-corrected chi connectivity index (χ2v) is 1.52. The third kappa shape index (κ3) is 3.76. The van der Waals surface area contributed by atoms with Gasteiger partial charge in [-0.2, -0.15) is 0 Å². The van der Waals surface area contributed by atoms with Crippen LogP contribution >= 0.6 is 11.6 Å². The van der Waals surface area contributed by atoms with Crippen LogP contribution in [-0.4, -0.2) is 11.9 Å². The van der Waals surface area contributed by atoms with Crippen LogP contribution in [0.1, 0.15) is 6.92 Å². The van der Waals surface area contributed by atoms with Gasteiger partial charge < -0.3 is 5.32 Å². The minimum atomic E-state index is -0.303. The number of alkyl halides is 1. The Hall–Kier alpha value is -0.240. The summed E-state index contributed by atoms with van der Waals surface area (Å²) in [6.07, 6.45) is 1.44. The maximum Gasteiger partial charge on any atom is 0.310 e. The number of rotatable bonds is 2. The van der Waals surface area contributed by atoms with E-state index in [1.165, 1.54) is 6.41 Å². The van der Waals surface area contributed by atoms with Crippen LogP contribution in [-0.2, 0) is 4.79 Å². The highest BCUT2D eigenvalue weighted by molar-refractivity contribution is 6.20. The monoisotopic (exact) mass is 106 g/mol. The molecular formula is C3H5ClNO. The predicted molar refractivity (Wildman–Crippen MR) is 24.1 cm³/mol. The molecule has 0 spiro atoms. The van der Waals surface area contributed by atoms with Gasteiger partial charge in [0.25, 0.3) is 0 Å². The van der Waals surface area contributed by atoms with Gasteiger partial charge in [-0.1, -0.05) is 11.6 Å². The number of amides is 1. The molecule has 0 rings (SSSR count). The van der Waals surface area contributed by atoms with Gasteiger partial charge in [-0.25, -0.2) is 0 Å². The van der Waals surface area contributed by atoms with E-state index in [1.54, 1.807) is 6.92 Å². The second kappa shape index (κ2) is 2.97. The van der Waals surface area contributed by atoms with Crippen molar-refractivity contribution in [2.45, 2.75) is 12.4 Å². The zero-order chi connectivity index (χ0) is 4.99. The van der Waals surface area contributed by atoms with Gasteiger partial charge in [0.15, 0.2) is 0 Å². The second-order valence-electron chi connectivity index (χ2n) is 0.862. The highest BCUT2D eigenvalue weighted by Gasteiger charge is 1.85. The normalized spacial score (nSPS) is 13.0. The molecule has 1 radical (unpaired) electrons. The van der Waals surface area contributed by atoms with E-state index in [1.807, 2.05) is 0 Å². The molecule has 1 N–H and O–H groups in total. The lowest BCUT2D eigenvalue weighted by Gasteiger charge is -1.92. The number of nitrogens with one attached hydrogen (secondary N) is 1. The minimum absolute atomic E-state index is 0.303. The van der Waals surface area contributed by atoms with Crippen LogP contribution in [0.3, 0.4) is 0 Å². The summed E-state index contributed by atoms with van der Waals surface area (Å²) < 4.78 is 0. The van der Waals surface area contributed by atoms with Crippen molar-refractivity contribution in [3.05, 3.63) is 0 Å². The van der Waals surface area contributed by atoms with Crippen molar-refractivity contribution in [1.82, 2.24) is 5.32 Å². The highest BCUT2D eigenvalue weighted by Crippen LogP contribution is 1.81. The van der Waals surface area contributed by atoms with E-state index >= 15 is 0 Å². The molecule has 1 atom stereocenters. The van der Waals surface area contributed by atoms with Gasteiger partial charge in [0.05, 0.1) is 0 Å². The average molecular weight is 107 g/mol. The van der Waals surface area contributed by atoms with Crippen LogP contribution in [0.4, 0.5) is 0 Å². The van der Waals surface area contributed by atoms with Crippen molar-refractivity contribution < 1.29 is 4.79 Å². The van der Waals surface area contributed by atoms with Crippen LogP contribution in [0, 0.1) is 0 Å². The summed E-state index contributed by atoms with van der Waals surface area (Å²) in [5.74, 6) is 0. The van der Waals surface area contributed by atoms with Crippen LogP contribution in [0.2, 0.25) is 0 Å². The zero-order valence-electron chi connectivity index (χ0n) is 3.36. The van der Waals surface area contributed by atoms with Gasteiger partial charge in [0.2, 0.25) is 0 Å². The first-order chi connectivity index (χ1) is 2.77. The molecule has 6 heavy (non-hydrogen) atoms. The summed E-state index contributed by atoms with van der Waals surface area (Å²) in [6.45, 7) is 1.65. The van der Waals surface area contributed by atoms with E-state index in [0.717, 1.165) is 0 Å². The first kappa shape index (κ1) is 5.76. The molecule has 0 aliphatic carbocycles. The van der Waals surface area contributed by atoms with E-state index in [2.05, 4.69) is 5.32 Å². The summed E-state index contributed by atoms with van der Waals surface area (Å²) in [5, 5.41) is 2.17. The summed E-state index contributed by atoms with van der Waals surface area (Å²) >= 11 is 5.20. The van der Waals surface area contributed by atoms with Crippen molar-refractivity contribution in [2.24, 2.45) is 0 Å². The fraction of sp³-hybridized carbons (Fsp3) is 0.667. The molecule has 3 heteroatoms. The van der Waals surface area contributed by atoms with Crippen molar-refractivity contribution in [1.29, 1.82) is 0 Å². The molecule has 0 fully saturated rings. The number of carbonyl (C=O) groups excluding carboxylic acids is 1. The number of hydrogen-bond donors (Lipinski definition) is 1. The summed E-state index contributed by atoms with van der Waals surface area (Å²) in [6, 6.07) is 0. The Labute approximate surface area is 41.5 Å². The van der Waals surface area contributed by atoms with Gasteiger partial charge in [-0.3, -0.25) is 4.79 Å². The molecule has 0 heterocycles. The first-order valence-corrected chi connectivity index (χ1v) is 1.97. The third-order valence-electron chi connectivity index (χ3n) is 0.258. The van der Waals surface area contributed by atoms with Gasteiger partial charge >= 0.3 is 6.41 Å². The third-order valence-corrected chi connectivity index (χ3v) is 0.367. The molecule has 0 saturated heterocycles. The molecule has 35 valence electrons. The lowest BCUT2D eigenvalue weighted by atomic mass is 10.8. The van der Waals surface area contributed by atoms with E-state index in [-0.39, 0.29) is 5.50 Å². The van der Waals surface area contributed by atoms with Gasteiger partial charge in [-0.05, 0) is 6.92 Å². The lowest BCUT2D eigenvalue weighted by Crippen LogP contribution is -2.17. The van der Waals surface area contributed by atoms with Crippen LogP contribution in [0.15, 0.2) is 0 Å². The molecule has 0 aliphatic heterocycles. The molecule has 1 amide bonds. The molecule has 0 bridgehead atoms. The maximum atomic E-state index is 9.29. The Balaban J connectivity index is 2.81. The van der Waals surface area contributed by atoms with Crippen LogP contribution < -0.4 is 5.32 Å². The van der Waals surface area contributed by atoms with E-state index < -0.39 is 0 Å². The summed E-state index contributed by atoms with van der Waals surface area (Å²) in [5.41, 5.74) is -0.303. The Morgan fingerprint density at radius 3 is 2.50 bits per heavy atom. The quantitative estimate of drug-likeness (QED) is 0.305. The van der Waals surface area contributed by atoms with Crippen molar-refractivity contribution >= 4 is 18.0 Å². The van der Waals surface area contributed by atoms with Gasteiger partial charge in [-0.15, -0.1) is 0 Å². The van der Waals surface area contributed by atoms with E-state index in [4.69, 9.17) is 11.6 Å². The van der Waals surface area contributed by atoms with Gasteiger partial charge in [0.1, 0.15) is 5.50 Å². The lowest BCUT2D eigenvalue weighted by molar-refractivity contribution is 0.541. The Bertz CT molecular complexity index is 46.1. The van der Waals surface area contributed by atoms with E-state index in [0.29, 0.717) is 0 Å². The van der Waals surface area contributed by atoms with Crippen molar-refractivity contribution in [3.8, 4) is 0 Å². The number of halogens is 1. The smallest absolute Gasteiger partial charge is 0.310 e. The maximum absolute atomic E-state index is 9.29. The summed E-state index contributed by atoms with van der Waals surface area (Å²) in [7, 11) is 0. The largest absolute Gasteiger partial charge is 0.332 e. The molecule has 0 saturated carbocycles.